The fraction of sp³-hybridized carbons (Fsp3) is 0.455. The number of piperidine rings is 1. The minimum Gasteiger partial charge on any atom is -0.497 e. The van der Waals surface area contributed by atoms with Crippen LogP contribution in [0.3, 0.4) is 0 Å². The topological polar surface area (TPSA) is 86.4 Å². The maximum atomic E-state index is 13.4. The van der Waals surface area contributed by atoms with Crippen molar-refractivity contribution in [3.8, 4) is 5.75 Å². The van der Waals surface area contributed by atoms with Crippen molar-refractivity contribution in [2.24, 2.45) is 5.92 Å². The van der Waals surface area contributed by atoms with Crippen molar-refractivity contribution in [2.75, 3.05) is 20.2 Å². The van der Waals surface area contributed by atoms with E-state index >= 15 is 0 Å². The lowest BCUT2D eigenvalue weighted by Crippen LogP contribution is -2.43. The average Bonchev–Trinajstić information content (AvgIpc) is 3.58. The van der Waals surface area contributed by atoms with E-state index in [9.17, 15) is 13.2 Å². The van der Waals surface area contributed by atoms with E-state index < -0.39 is 10.0 Å². The molecule has 9 heteroatoms. The second-order valence-corrected chi connectivity index (χ2v) is 10.3. The first-order chi connectivity index (χ1) is 15.0. The number of nitrogens with zero attached hydrogens (tertiary/aromatic N) is 4. The lowest BCUT2D eigenvalue weighted by Gasteiger charge is -2.32. The summed E-state index contributed by atoms with van der Waals surface area (Å²) in [5.74, 6) is 1.05. The van der Waals surface area contributed by atoms with Crippen LogP contribution in [0.4, 0.5) is 0 Å². The van der Waals surface area contributed by atoms with Gasteiger partial charge in [-0.05, 0) is 55.9 Å². The SMILES string of the molecule is COc1cccc(S(=O)(=O)N2CCC[C@H](n3c(=O)n(CC4CC4)c4cccnc43)C2)c1. The molecule has 164 valence electrons. The molecular formula is C22H26N4O4S. The van der Waals surface area contributed by atoms with Gasteiger partial charge in [0.25, 0.3) is 0 Å². The molecule has 0 radical (unpaired) electrons. The maximum Gasteiger partial charge on any atom is 0.330 e. The molecule has 0 N–H and O–H groups in total. The zero-order chi connectivity index (χ0) is 21.6. The second kappa shape index (κ2) is 7.80. The van der Waals surface area contributed by atoms with Gasteiger partial charge in [0.2, 0.25) is 10.0 Å². The Morgan fingerprint density at radius 1 is 1.16 bits per heavy atom. The Kier molecular flexibility index (Phi) is 5.10. The van der Waals surface area contributed by atoms with Gasteiger partial charge < -0.3 is 4.74 Å². The molecule has 2 aliphatic rings. The van der Waals surface area contributed by atoms with Gasteiger partial charge in [-0.1, -0.05) is 6.07 Å². The monoisotopic (exact) mass is 442 g/mol. The van der Waals surface area contributed by atoms with E-state index in [1.807, 2.05) is 16.7 Å². The van der Waals surface area contributed by atoms with E-state index in [1.54, 1.807) is 29.0 Å². The van der Waals surface area contributed by atoms with Crippen LogP contribution in [0.5, 0.6) is 5.75 Å². The van der Waals surface area contributed by atoms with Crippen molar-refractivity contribution in [3.05, 3.63) is 53.1 Å². The summed E-state index contributed by atoms with van der Waals surface area (Å²) >= 11 is 0. The van der Waals surface area contributed by atoms with Gasteiger partial charge in [0.05, 0.1) is 23.6 Å². The second-order valence-electron chi connectivity index (χ2n) is 8.39. The third-order valence-electron chi connectivity index (χ3n) is 6.26. The fourth-order valence-corrected chi connectivity index (χ4v) is 5.98. The fourth-order valence-electron chi connectivity index (χ4n) is 4.43. The number of imidazole rings is 1. The number of hydrogen-bond acceptors (Lipinski definition) is 5. The molecular weight excluding hydrogens is 416 g/mol. The summed E-state index contributed by atoms with van der Waals surface area (Å²) in [6.45, 7) is 1.38. The predicted molar refractivity (Wildman–Crippen MR) is 117 cm³/mol. The Balaban J connectivity index is 1.50. The van der Waals surface area contributed by atoms with Gasteiger partial charge in [-0.25, -0.2) is 18.2 Å². The van der Waals surface area contributed by atoms with Gasteiger partial charge in [-0.2, -0.15) is 4.31 Å². The number of benzene rings is 1. The van der Waals surface area contributed by atoms with Crippen molar-refractivity contribution in [1.82, 2.24) is 18.4 Å². The average molecular weight is 443 g/mol. The zero-order valence-corrected chi connectivity index (χ0v) is 18.3. The third-order valence-corrected chi connectivity index (χ3v) is 8.12. The van der Waals surface area contributed by atoms with Crippen LogP contribution in [0.25, 0.3) is 11.2 Å². The molecule has 3 aromatic rings. The van der Waals surface area contributed by atoms with Gasteiger partial charge in [-0.3, -0.25) is 9.13 Å². The van der Waals surface area contributed by atoms with Gasteiger partial charge in [-0.15, -0.1) is 0 Å². The molecule has 0 unspecified atom stereocenters. The summed E-state index contributed by atoms with van der Waals surface area (Å²) in [5, 5.41) is 0. The molecule has 0 bridgehead atoms. The normalized spacial score (nSPS) is 20.2. The molecule has 2 aromatic heterocycles. The Hall–Kier alpha value is -2.65. The van der Waals surface area contributed by atoms with E-state index in [0.29, 0.717) is 36.8 Å². The molecule has 3 heterocycles. The number of pyridine rings is 1. The summed E-state index contributed by atoms with van der Waals surface area (Å²) in [5.41, 5.74) is 1.37. The van der Waals surface area contributed by atoms with Crippen LogP contribution in [0, 0.1) is 5.92 Å². The molecule has 31 heavy (non-hydrogen) atoms. The largest absolute Gasteiger partial charge is 0.497 e. The number of fused-ring (bicyclic) bond motifs is 1. The van der Waals surface area contributed by atoms with Gasteiger partial charge >= 0.3 is 5.69 Å². The highest BCUT2D eigenvalue weighted by atomic mass is 32.2. The summed E-state index contributed by atoms with van der Waals surface area (Å²) in [6, 6.07) is 10.0. The zero-order valence-electron chi connectivity index (χ0n) is 17.5. The third kappa shape index (κ3) is 3.65. The van der Waals surface area contributed by atoms with E-state index in [4.69, 9.17) is 4.74 Å². The molecule has 0 amide bonds. The Labute approximate surface area is 181 Å². The summed E-state index contributed by atoms with van der Waals surface area (Å²) < 4.78 is 36.8. The van der Waals surface area contributed by atoms with Crippen LogP contribution in [-0.2, 0) is 16.6 Å². The summed E-state index contributed by atoms with van der Waals surface area (Å²) in [7, 11) is -2.18. The summed E-state index contributed by atoms with van der Waals surface area (Å²) in [4.78, 5) is 18.1. The minimum absolute atomic E-state index is 0.0915. The van der Waals surface area contributed by atoms with Crippen LogP contribution in [0.1, 0.15) is 31.7 Å². The standard InChI is InChI=1S/C22H26N4O4S/c1-30-18-6-2-7-19(13-18)31(28,29)24-12-4-5-17(15-24)26-21-20(8-3-11-23-21)25(22(26)27)14-16-9-10-16/h2-3,6-8,11,13,16-17H,4-5,9-10,12,14-15H2,1H3/t17-/m0/s1. The van der Waals surface area contributed by atoms with Crippen LogP contribution >= 0.6 is 0 Å². The van der Waals surface area contributed by atoms with Crippen molar-refractivity contribution < 1.29 is 13.2 Å². The number of methoxy groups -OCH3 is 1. The van der Waals surface area contributed by atoms with Crippen molar-refractivity contribution in [3.63, 3.8) is 0 Å². The van der Waals surface area contributed by atoms with E-state index in [0.717, 1.165) is 24.8 Å². The molecule has 1 aromatic carbocycles. The Bertz CT molecular complexity index is 1280. The van der Waals surface area contributed by atoms with E-state index in [1.165, 1.54) is 17.5 Å². The smallest absolute Gasteiger partial charge is 0.330 e. The van der Waals surface area contributed by atoms with Crippen LogP contribution < -0.4 is 10.4 Å². The summed E-state index contributed by atoms with van der Waals surface area (Å²) in [6.07, 6.45) is 5.41. The number of aromatic nitrogens is 3. The number of hydrogen-bond donors (Lipinski definition) is 0. The highest BCUT2D eigenvalue weighted by Gasteiger charge is 2.34. The molecule has 1 saturated carbocycles. The lowest BCUT2D eigenvalue weighted by molar-refractivity contribution is 0.265. The predicted octanol–water partition coefficient (Wildman–Crippen LogP) is 2.64. The van der Waals surface area contributed by atoms with Crippen LogP contribution in [-0.4, -0.2) is 47.0 Å². The molecule has 1 saturated heterocycles. The number of ether oxygens (including phenoxy) is 1. The quantitative estimate of drug-likeness (QED) is 0.586. The van der Waals surface area contributed by atoms with Crippen LogP contribution in [0.15, 0.2) is 52.3 Å². The Morgan fingerprint density at radius 2 is 2.00 bits per heavy atom. The highest BCUT2D eigenvalue weighted by Crippen LogP contribution is 2.32. The van der Waals surface area contributed by atoms with E-state index in [-0.39, 0.29) is 23.2 Å². The first-order valence-electron chi connectivity index (χ1n) is 10.7. The van der Waals surface area contributed by atoms with Crippen molar-refractivity contribution >= 4 is 21.2 Å². The number of rotatable bonds is 6. The van der Waals surface area contributed by atoms with Crippen molar-refractivity contribution in [2.45, 2.75) is 43.2 Å². The maximum absolute atomic E-state index is 13.4. The molecule has 1 aliphatic carbocycles. The first-order valence-corrected chi connectivity index (χ1v) is 12.1. The van der Waals surface area contributed by atoms with E-state index in [2.05, 4.69) is 4.98 Å². The molecule has 8 nitrogen and oxygen atoms in total. The molecule has 2 fully saturated rings. The molecule has 0 spiro atoms. The van der Waals surface area contributed by atoms with Gasteiger partial charge in [0.1, 0.15) is 5.75 Å². The van der Waals surface area contributed by atoms with Gasteiger partial charge in [0.15, 0.2) is 5.65 Å². The number of sulfonamides is 1. The molecule has 1 aliphatic heterocycles. The molecule has 5 rings (SSSR count). The lowest BCUT2D eigenvalue weighted by atomic mass is 10.1. The van der Waals surface area contributed by atoms with Crippen molar-refractivity contribution in [1.29, 1.82) is 0 Å². The highest BCUT2D eigenvalue weighted by molar-refractivity contribution is 7.89. The van der Waals surface area contributed by atoms with Gasteiger partial charge in [0, 0.05) is 31.9 Å². The Morgan fingerprint density at radius 3 is 2.77 bits per heavy atom. The molecule has 1 atom stereocenters. The first kappa shape index (κ1) is 20.3. The minimum atomic E-state index is -3.69. The van der Waals surface area contributed by atoms with Crippen LogP contribution in [0.2, 0.25) is 0 Å².